The van der Waals surface area contributed by atoms with Crippen LogP contribution >= 0.6 is 46.9 Å². The Hall–Kier alpha value is -9.17. The number of nitriles is 1. The van der Waals surface area contributed by atoms with Gasteiger partial charge in [0.1, 0.15) is 4.90 Å². The highest BCUT2D eigenvalue weighted by Crippen LogP contribution is 2.45. The Morgan fingerprint density at radius 3 is 1.28 bits per heavy atom. The fourth-order valence-corrected chi connectivity index (χ4v) is 16.1. The number of aryl methyl sites for hydroxylation is 13. The molecule has 0 bridgehead atoms. The van der Waals surface area contributed by atoms with Crippen LogP contribution in [-0.4, -0.2) is 12.5 Å². The lowest BCUT2D eigenvalue weighted by Gasteiger charge is -2.17. The minimum absolute atomic E-state index is 0.233. The van der Waals surface area contributed by atoms with Crippen LogP contribution in [0.2, 0.25) is 10.0 Å². The van der Waals surface area contributed by atoms with E-state index >= 15 is 0 Å². The van der Waals surface area contributed by atoms with Gasteiger partial charge in [0.25, 0.3) is 11.9 Å². The Morgan fingerprint density at radius 2 is 0.817 bits per heavy atom. The molecule has 14 rings (SSSR count). The summed E-state index contributed by atoms with van der Waals surface area (Å²) in [6, 6.07) is 74.5. The summed E-state index contributed by atoms with van der Waals surface area (Å²) in [5, 5.41) is 10.5. The molecule has 0 spiro atoms. The normalized spacial score (nSPS) is 10.9. The van der Waals surface area contributed by atoms with Crippen molar-refractivity contribution in [2.75, 3.05) is 6.26 Å². The van der Waals surface area contributed by atoms with Crippen LogP contribution in [0, 0.1) is 108 Å². The second-order valence-corrected chi connectivity index (χ2v) is 31.7. The lowest BCUT2D eigenvalue weighted by Crippen LogP contribution is -2.09. The zero-order valence-electron chi connectivity index (χ0n) is 64.7. The van der Waals surface area contributed by atoms with Crippen LogP contribution in [0.25, 0.3) is 82.1 Å². The summed E-state index contributed by atoms with van der Waals surface area (Å²) < 4.78 is 3.46. The predicted molar refractivity (Wildman–Crippen MR) is 454 cm³/mol. The second-order valence-electron chi connectivity index (χ2n) is 29.3. The quantitative estimate of drug-likeness (QED) is 0.0746. The van der Waals surface area contributed by atoms with Crippen LogP contribution in [0.15, 0.2) is 216 Å². The molecule has 104 heavy (non-hydrogen) atoms. The summed E-state index contributed by atoms with van der Waals surface area (Å²) in [7, 11) is 0. The molecule has 0 heterocycles. The van der Waals surface area contributed by atoms with Gasteiger partial charge in [0, 0.05) is 32.7 Å². The number of hydrogen-bond acceptors (Lipinski definition) is 4. The average Bonchev–Trinajstić information content (AvgIpc) is 1.65. The molecule has 14 aliphatic rings. The summed E-state index contributed by atoms with van der Waals surface area (Å²) >= 11 is 15.4. The minimum atomic E-state index is 0.233. The predicted octanol–water partition coefficient (Wildman–Crippen LogP) is 29.7. The van der Waals surface area contributed by atoms with Crippen molar-refractivity contribution in [3.05, 3.63) is 327 Å². The number of aldehydes is 1. The van der Waals surface area contributed by atoms with Crippen molar-refractivity contribution in [2.24, 2.45) is 0 Å². The van der Waals surface area contributed by atoms with Gasteiger partial charge in [0.15, 0.2) is 6.29 Å². The number of halogens is 2. The van der Waals surface area contributed by atoms with Crippen molar-refractivity contribution >= 4 is 53.2 Å². The fourth-order valence-electron chi connectivity index (χ4n) is 13.9. The van der Waals surface area contributed by atoms with Gasteiger partial charge in [0.2, 0.25) is 0 Å². The van der Waals surface area contributed by atoms with Gasteiger partial charge in [0.05, 0.1) is 21.7 Å². The molecule has 0 saturated heterocycles. The van der Waals surface area contributed by atoms with Crippen LogP contribution in [0.4, 0.5) is 0 Å². The fraction of sp³-hybridized carbons (Fsp3) is 0.247. The summed E-state index contributed by atoms with van der Waals surface area (Å²) in [6.07, 6.45) is 3.05. The maximum atomic E-state index is 10.6. The molecular formula is C97H100Cl2N2OS2. The van der Waals surface area contributed by atoms with Gasteiger partial charge in [-0.05, 0) is 266 Å². The molecule has 14 aliphatic carbocycles. The zero-order valence-corrected chi connectivity index (χ0v) is 67.9. The number of rotatable bonds is 5. The summed E-state index contributed by atoms with van der Waals surface area (Å²) in [6.45, 7) is 50.3. The summed E-state index contributed by atoms with van der Waals surface area (Å²) in [5.41, 5.74) is 39.9. The van der Waals surface area contributed by atoms with E-state index in [1.54, 1.807) is 0 Å². The maximum Gasteiger partial charge on any atom is 0.295 e. The standard InChI is InChI=1S/C16H17NS.C16H20S.C14H13N.C14H16.C13H12Cl2.C13H14.C11H8O/c1-10(2)13-7-6-11(3)16-14(9-13)12(4)8-15(16)18-17-5;1-10(2)13-7-6-11(3)16-14(9-13)12(4)8-15(16)17-5;1-9-6-10(2)13-5-4-12(8-15)14(13)11(3)7-9;1-14(2,3)13-9-7-11-5-4-6-12(11)8-10-13;1-7-4-8(2)12-10(14)6-11(15)13(12)9(3)5-7;1-9-7-10(2)12-5-4-6-13(12)11(3)8-9;12-8-10-7-6-9-4-2-1-3-5-11(9)10/h6-10H,1-4H3;6-10H,1-5H3;4-7H,1-3H3;4-10H,1-3H3;4-6H,1-3H3;4-8H,1-3H3;1-8H. The van der Waals surface area contributed by atoms with E-state index in [2.05, 4.69) is 301 Å². The molecule has 0 N–H and O–H groups in total. The van der Waals surface area contributed by atoms with Gasteiger partial charge in [-0.25, -0.2) is 10.8 Å². The Balaban J connectivity index is 0.000000154. The van der Waals surface area contributed by atoms with Gasteiger partial charge >= 0.3 is 0 Å². The minimum Gasteiger partial charge on any atom is -0.298 e. The molecule has 530 valence electrons. The SMILES string of the molecule is CC(C)(C)c1ccc2cccc-2cc1.CSc1cc(C)c2cc(C(C)C)ccc(C)c1-2.Cc1cc(C)c2c(Cl)cc(Cl)c-2c(C)c1.Cc1cc(C)c2ccc(C#N)c-2c(C)c1.Cc1cc(C)c2cccc-2c(C)c1.O=Cc1ccc2cccccc1-2.[C-]#[N+]Sc1cc(C)c2cc(C(C)C)ccc(C)c1-2. The smallest absolute Gasteiger partial charge is 0.295 e. The second kappa shape index (κ2) is 36.0. The van der Waals surface area contributed by atoms with E-state index in [1.165, 1.54) is 156 Å². The number of hydrogen-bond donors (Lipinski definition) is 0. The van der Waals surface area contributed by atoms with E-state index in [0.717, 1.165) is 60.2 Å². The Labute approximate surface area is 641 Å². The van der Waals surface area contributed by atoms with Gasteiger partial charge in [-0.1, -0.05) is 270 Å². The molecule has 0 fully saturated rings. The molecule has 0 saturated carbocycles. The highest BCUT2D eigenvalue weighted by Gasteiger charge is 2.22. The number of carbonyl (C=O) groups excluding carboxylic acids is 1. The van der Waals surface area contributed by atoms with Crippen molar-refractivity contribution in [2.45, 2.75) is 166 Å². The van der Waals surface area contributed by atoms with E-state index in [-0.39, 0.29) is 5.41 Å². The van der Waals surface area contributed by atoms with E-state index in [0.29, 0.717) is 11.8 Å². The lowest BCUT2D eigenvalue weighted by atomic mass is 9.88. The third-order valence-corrected chi connectivity index (χ3v) is 21.3. The van der Waals surface area contributed by atoms with Crippen molar-refractivity contribution in [1.82, 2.24) is 0 Å². The van der Waals surface area contributed by atoms with Gasteiger partial charge < -0.3 is 0 Å². The molecule has 0 unspecified atom stereocenters. The molecule has 3 nitrogen and oxygen atoms in total. The number of nitrogens with zero attached hydrogens (tertiary/aromatic N) is 2. The molecule has 0 aliphatic heterocycles. The average molecular weight is 1440 g/mol. The van der Waals surface area contributed by atoms with Crippen molar-refractivity contribution < 1.29 is 4.79 Å². The van der Waals surface area contributed by atoms with E-state index in [9.17, 15) is 4.79 Å². The van der Waals surface area contributed by atoms with Crippen LogP contribution in [0.5, 0.6) is 0 Å². The Bertz CT molecular complexity index is 5040. The molecule has 0 aromatic carbocycles. The Morgan fingerprint density at radius 1 is 0.404 bits per heavy atom. The molecule has 0 amide bonds. The zero-order chi connectivity index (χ0) is 76.0. The first-order valence-corrected chi connectivity index (χ1v) is 38.5. The van der Waals surface area contributed by atoms with Crippen molar-refractivity contribution in [1.29, 1.82) is 5.26 Å². The number of carbonyl (C=O) groups is 1. The van der Waals surface area contributed by atoms with E-state index in [1.807, 2.05) is 72.4 Å². The van der Waals surface area contributed by atoms with E-state index < -0.39 is 0 Å². The molecule has 0 aromatic heterocycles. The maximum absolute atomic E-state index is 10.6. The highest BCUT2D eigenvalue weighted by molar-refractivity contribution is 8.01. The number of thioether (sulfide) groups is 1. The van der Waals surface area contributed by atoms with Crippen molar-refractivity contribution in [3.8, 4) is 84.0 Å². The molecule has 7 heteroatoms. The highest BCUT2D eigenvalue weighted by atomic mass is 35.5. The first-order chi connectivity index (χ1) is 49.4. The molecule has 0 aromatic rings. The summed E-state index contributed by atoms with van der Waals surface area (Å²) in [4.78, 5) is 13.1. The van der Waals surface area contributed by atoms with Crippen LogP contribution in [0.3, 0.4) is 0 Å². The van der Waals surface area contributed by atoms with Crippen molar-refractivity contribution in [3.63, 3.8) is 0 Å². The van der Waals surface area contributed by atoms with Gasteiger partial charge in [-0.2, -0.15) is 5.26 Å². The number of fused-ring (bicyclic) bond motifs is 7. The molecule has 0 atom stereocenters. The third kappa shape index (κ3) is 19.6. The van der Waals surface area contributed by atoms with Gasteiger partial charge in [-0.15, -0.1) is 11.8 Å². The summed E-state index contributed by atoms with van der Waals surface area (Å²) in [5.74, 6) is 1.10. The lowest BCUT2D eigenvalue weighted by molar-refractivity contribution is 0.112. The Kier molecular flexibility index (Phi) is 27.9. The van der Waals surface area contributed by atoms with Crippen LogP contribution in [-0.2, 0) is 5.41 Å². The first-order valence-electron chi connectivity index (χ1n) is 35.7. The van der Waals surface area contributed by atoms with Gasteiger partial charge in [-0.3, -0.25) is 4.79 Å². The first kappa shape index (κ1) is 80.5. The van der Waals surface area contributed by atoms with Crippen LogP contribution < -0.4 is 0 Å². The third-order valence-electron chi connectivity index (χ3n) is 19.3. The topological polar surface area (TPSA) is 45.2 Å². The van der Waals surface area contributed by atoms with Crippen LogP contribution in [0.1, 0.15) is 165 Å². The molecular weight excluding hydrogens is 1340 g/mol. The monoisotopic (exact) mass is 1440 g/mol. The van der Waals surface area contributed by atoms with E-state index in [4.69, 9.17) is 35.0 Å². The molecule has 0 radical (unpaired) electrons. The largest absolute Gasteiger partial charge is 0.298 e.